The van der Waals surface area contributed by atoms with E-state index in [4.69, 9.17) is 0 Å². The highest BCUT2D eigenvalue weighted by molar-refractivity contribution is 5.84. The molecule has 2 aromatic carbocycles. The largest absolute Gasteiger partial charge is 0.416 e. The zero-order valence-electron chi connectivity index (χ0n) is 23.2. The molecule has 2 aromatic rings. The summed E-state index contributed by atoms with van der Waals surface area (Å²) in [7, 11) is 0. The van der Waals surface area contributed by atoms with Crippen molar-refractivity contribution in [3.05, 3.63) is 70.8 Å². The molecule has 0 spiro atoms. The monoisotopic (exact) mass is 568 g/mol. The average molecular weight is 569 g/mol. The van der Waals surface area contributed by atoms with Gasteiger partial charge in [0.25, 0.3) is 0 Å². The molecule has 1 atom stereocenters. The summed E-state index contributed by atoms with van der Waals surface area (Å²) in [6, 6.07) is 11.4. The molecule has 1 saturated heterocycles. The van der Waals surface area contributed by atoms with Crippen LogP contribution >= 0.6 is 0 Å². The highest BCUT2D eigenvalue weighted by Crippen LogP contribution is 2.45. The molecule has 1 amide bonds. The van der Waals surface area contributed by atoms with E-state index in [9.17, 15) is 31.1 Å². The van der Waals surface area contributed by atoms with Gasteiger partial charge < -0.3 is 10.2 Å². The zero-order valence-corrected chi connectivity index (χ0v) is 23.2. The molecule has 40 heavy (non-hydrogen) atoms. The van der Waals surface area contributed by atoms with Gasteiger partial charge in [-0.1, -0.05) is 30.3 Å². The number of hydrogen-bond donors (Lipinski definition) is 1. The Hall–Kier alpha value is -2.55. The van der Waals surface area contributed by atoms with Crippen molar-refractivity contribution in [3.63, 3.8) is 0 Å². The Morgan fingerprint density at radius 3 is 1.80 bits per heavy atom. The summed E-state index contributed by atoms with van der Waals surface area (Å²) in [5, 5.41) is 3.10. The van der Waals surface area contributed by atoms with Crippen LogP contribution < -0.4 is 5.32 Å². The number of nitrogens with zero attached hydrogens (tertiary/aromatic N) is 1. The lowest BCUT2D eigenvalue weighted by molar-refractivity contribution is -0.143. The number of hydrogen-bond acceptors (Lipinski definition) is 2. The summed E-state index contributed by atoms with van der Waals surface area (Å²) in [5.74, 6) is -0.648. The molecular formula is C31H38F6N2O. The van der Waals surface area contributed by atoms with Gasteiger partial charge in [-0.05, 0) is 114 Å². The molecule has 2 fully saturated rings. The van der Waals surface area contributed by atoms with Crippen LogP contribution in [0, 0.1) is 11.8 Å². The van der Waals surface area contributed by atoms with Crippen LogP contribution in [0.2, 0.25) is 0 Å². The Labute approximate surface area is 232 Å². The number of rotatable bonds is 6. The molecule has 1 aliphatic carbocycles. The summed E-state index contributed by atoms with van der Waals surface area (Å²) in [6.07, 6.45) is -4.52. The van der Waals surface area contributed by atoms with Crippen LogP contribution in [-0.4, -0.2) is 29.9 Å². The standard InChI is InChI=1S/C31H38F6N2O/c1-20(2)39-15-11-23(12-16-39)22-9-13-29(14-10-22,25-7-5-4-6-8-25)38-28(40)21(3)24-17-26(30(32,33)34)19-27(18-24)31(35,36)37/h4-8,17-23H,9-16H2,1-3H3,(H,38,40)/t21?,22-,29-. The van der Waals surface area contributed by atoms with Gasteiger partial charge in [-0.15, -0.1) is 0 Å². The maximum absolute atomic E-state index is 13.5. The van der Waals surface area contributed by atoms with Gasteiger partial charge in [0.1, 0.15) is 0 Å². The first-order valence-electron chi connectivity index (χ1n) is 14.1. The van der Waals surface area contributed by atoms with Gasteiger partial charge in [-0.25, -0.2) is 0 Å². The lowest BCUT2D eigenvalue weighted by atomic mass is 9.67. The van der Waals surface area contributed by atoms with Crippen molar-refractivity contribution in [1.82, 2.24) is 10.2 Å². The summed E-state index contributed by atoms with van der Waals surface area (Å²) >= 11 is 0. The lowest BCUT2D eigenvalue weighted by Gasteiger charge is -2.45. The number of likely N-dealkylation sites (tertiary alicyclic amines) is 1. The van der Waals surface area contributed by atoms with E-state index in [0.29, 0.717) is 42.9 Å². The topological polar surface area (TPSA) is 32.3 Å². The SMILES string of the molecule is CC(C(=O)N[C@]1(c2ccccc2)CC[C@@H](C2CCN(C(C)C)CC2)CC1)c1cc(C(F)(F)F)cc(C(F)(F)F)c1. The van der Waals surface area contributed by atoms with Crippen molar-refractivity contribution < 1.29 is 31.1 Å². The number of piperidine rings is 1. The maximum atomic E-state index is 13.5. The van der Waals surface area contributed by atoms with E-state index >= 15 is 0 Å². The number of halogens is 6. The Kier molecular flexibility index (Phi) is 8.93. The summed E-state index contributed by atoms with van der Waals surface area (Å²) in [6.45, 7) is 7.93. The molecule has 0 bridgehead atoms. The van der Waals surface area contributed by atoms with Crippen LogP contribution in [0.3, 0.4) is 0 Å². The molecule has 1 aliphatic heterocycles. The second kappa shape index (κ2) is 11.7. The third kappa shape index (κ3) is 6.84. The number of carbonyl (C=O) groups excluding carboxylic acids is 1. The average Bonchev–Trinajstić information content (AvgIpc) is 2.92. The molecular weight excluding hydrogens is 530 g/mol. The van der Waals surface area contributed by atoms with E-state index in [1.165, 1.54) is 6.92 Å². The van der Waals surface area contributed by atoms with Crippen molar-refractivity contribution in [3.8, 4) is 0 Å². The van der Waals surface area contributed by atoms with Crippen LogP contribution in [0.15, 0.2) is 48.5 Å². The number of carbonyl (C=O) groups is 1. The molecule has 220 valence electrons. The molecule has 1 heterocycles. The van der Waals surface area contributed by atoms with Gasteiger partial charge in [-0.3, -0.25) is 4.79 Å². The molecule has 2 aliphatic rings. The predicted molar refractivity (Wildman–Crippen MR) is 143 cm³/mol. The summed E-state index contributed by atoms with van der Waals surface area (Å²) in [5.41, 5.74) is -2.97. The number of alkyl halides is 6. The third-order valence-corrected chi connectivity index (χ3v) is 9.05. The molecule has 9 heteroatoms. The number of amides is 1. The second-order valence-electron chi connectivity index (χ2n) is 11.8. The van der Waals surface area contributed by atoms with Gasteiger partial charge in [0.2, 0.25) is 5.91 Å². The summed E-state index contributed by atoms with van der Waals surface area (Å²) in [4.78, 5) is 16.0. The van der Waals surface area contributed by atoms with Gasteiger partial charge in [0, 0.05) is 6.04 Å². The van der Waals surface area contributed by atoms with Crippen molar-refractivity contribution in [2.45, 2.75) is 89.1 Å². The van der Waals surface area contributed by atoms with Crippen molar-refractivity contribution in [2.24, 2.45) is 11.8 Å². The minimum absolute atomic E-state index is 0.0898. The van der Waals surface area contributed by atoms with E-state index in [1.807, 2.05) is 30.3 Å². The van der Waals surface area contributed by atoms with E-state index in [0.717, 1.165) is 44.3 Å². The fourth-order valence-electron chi connectivity index (χ4n) is 6.48. The highest BCUT2D eigenvalue weighted by atomic mass is 19.4. The fraction of sp³-hybridized carbons (Fsp3) is 0.581. The first kappa shape index (κ1) is 30.4. The summed E-state index contributed by atoms with van der Waals surface area (Å²) < 4.78 is 80.6. The number of nitrogens with one attached hydrogen (secondary N) is 1. The van der Waals surface area contributed by atoms with Crippen molar-refractivity contribution in [2.75, 3.05) is 13.1 Å². The van der Waals surface area contributed by atoms with E-state index in [2.05, 4.69) is 24.1 Å². The Morgan fingerprint density at radius 1 is 0.825 bits per heavy atom. The molecule has 0 radical (unpaired) electrons. The fourth-order valence-corrected chi connectivity index (χ4v) is 6.48. The number of benzene rings is 2. The minimum Gasteiger partial charge on any atom is -0.346 e. The Bertz CT molecular complexity index is 1110. The van der Waals surface area contributed by atoms with Gasteiger partial charge in [0.15, 0.2) is 0 Å². The molecule has 1 unspecified atom stereocenters. The van der Waals surface area contributed by atoms with Gasteiger partial charge >= 0.3 is 12.4 Å². The highest BCUT2D eigenvalue weighted by Gasteiger charge is 2.42. The molecule has 1 N–H and O–H groups in total. The Balaban J connectivity index is 1.54. The van der Waals surface area contributed by atoms with Crippen LogP contribution in [0.4, 0.5) is 26.3 Å². The minimum atomic E-state index is -4.97. The van der Waals surface area contributed by atoms with Crippen LogP contribution in [0.1, 0.15) is 87.5 Å². The molecule has 0 aromatic heterocycles. The Morgan fingerprint density at radius 2 is 1.32 bits per heavy atom. The van der Waals surface area contributed by atoms with E-state index in [-0.39, 0.29) is 11.6 Å². The normalized spacial score (nSPS) is 24.2. The van der Waals surface area contributed by atoms with Gasteiger partial charge in [0.05, 0.1) is 22.6 Å². The van der Waals surface area contributed by atoms with Crippen molar-refractivity contribution in [1.29, 1.82) is 0 Å². The first-order valence-corrected chi connectivity index (χ1v) is 14.1. The zero-order chi connectivity index (χ0) is 29.3. The molecule has 3 nitrogen and oxygen atoms in total. The van der Waals surface area contributed by atoms with Crippen LogP contribution in [-0.2, 0) is 22.7 Å². The van der Waals surface area contributed by atoms with Crippen molar-refractivity contribution >= 4 is 5.91 Å². The first-order chi connectivity index (χ1) is 18.7. The molecule has 1 saturated carbocycles. The second-order valence-corrected chi connectivity index (χ2v) is 11.8. The third-order valence-electron chi connectivity index (χ3n) is 9.05. The maximum Gasteiger partial charge on any atom is 0.416 e. The van der Waals surface area contributed by atoms with Crippen LogP contribution in [0.25, 0.3) is 0 Å². The van der Waals surface area contributed by atoms with Crippen LogP contribution in [0.5, 0.6) is 0 Å². The molecule has 4 rings (SSSR count). The van der Waals surface area contributed by atoms with E-state index in [1.54, 1.807) is 0 Å². The lowest BCUT2D eigenvalue weighted by Crippen LogP contribution is -2.50. The smallest absolute Gasteiger partial charge is 0.346 e. The quantitative estimate of drug-likeness (QED) is 0.357. The van der Waals surface area contributed by atoms with E-state index < -0.39 is 40.8 Å². The van der Waals surface area contributed by atoms with Gasteiger partial charge in [-0.2, -0.15) is 26.3 Å². The predicted octanol–water partition coefficient (Wildman–Crippen LogP) is 8.15.